The largest absolute Gasteiger partial charge is 0.310 e. The SMILES string of the molecule is CCCNC1CCS(=O)(=O)c2sc(S(N)(=O)=O)cc21.Cl. The Morgan fingerprint density at radius 3 is 2.70 bits per heavy atom. The minimum absolute atomic E-state index is 0. The molecule has 2 heterocycles. The van der Waals surface area contributed by atoms with Gasteiger partial charge in [0.05, 0.1) is 5.75 Å². The summed E-state index contributed by atoms with van der Waals surface area (Å²) in [4.78, 5) is 0. The van der Waals surface area contributed by atoms with Crippen molar-refractivity contribution in [2.24, 2.45) is 5.14 Å². The molecule has 0 radical (unpaired) electrons. The van der Waals surface area contributed by atoms with Crippen LogP contribution in [0, 0.1) is 0 Å². The molecule has 3 N–H and O–H groups in total. The Labute approximate surface area is 129 Å². The third-order valence-corrected chi connectivity index (χ3v) is 7.91. The van der Waals surface area contributed by atoms with Crippen LogP contribution in [0.3, 0.4) is 0 Å². The Hall–Kier alpha value is -0.190. The second-order valence-corrected chi connectivity index (χ2v) is 9.61. The molecule has 10 heteroatoms. The fourth-order valence-corrected chi connectivity index (χ4v) is 6.21. The number of nitrogens with one attached hydrogen (secondary N) is 1. The first kappa shape index (κ1) is 17.9. The predicted octanol–water partition coefficient (Wildman–Crippen LogP) is 1.04. The van der Waals surface area contributed by atoms with Gasteiger partial charge < -0.3 is 5.32 Å². The zero-order valence-electron chi connectivity index (χ0n) is 10.8. The normalized spacial score (nSPS) is 21.0. The molecule has 1 unspecified atom stereocenters. The van der Waals surface area contributed by atoms with E-state index in [2.05, 4.69) is 5.32 Å². The van der Waals surface area contributed by atoms with Gasteiger partial charge in [0.2, 0.25) is 10.0 Å². The first-order valence-corrected chi connectivity index (χ1v) is 9.90. The summed E-state index contributed by atoms with van der Waals surface area (Å²) >= 11 is 0.745. The van der Waals surface area contributed by atoms with Crippen LogP contribution in [-0.4, -0.2) is 29.1 Å². The lowest BCUT2D eigenvalue weighted by Gasteiger charge is -2.23. The Balaban J connectivity index is 0.00000200. The van der Waals surface area contributed by atoms with Gasteiger partial charge in [-0.1, -0.05) is 6.92 Å². The van der Waals surface area contributed by atoms with Crippen LogP contribution in [0.1, 0.15) is 31.4 Å². The molecular formula is C10H17ClN2O4S3. The third-order valence-electron chi connectivity index (χ3n) is 2.96. The van der Waals surface area contributed by atoms with E-state index in [-0.39, 0.29) is 32.6 Å². The van der Waals surface area contributed by atoms with Gasteiger partial charge >= 0.3 is 0 Å². The van der Waals surface area contributed by atoms with Crippen molar-refractivity contribution in [2.45, 2.75) is 34.2 Å². The number of sulfonamides is 1. The molecule has 1 aromatic rings. The molecule has 1 aliphatic rings. The van der Waals surface area contributed by atoms with Gasteiger partial charge in [0.1, 0.15) is 8.42 Å². The molecule has 1 aliphatic heterocycles. The number of thiophene rings is 1. The number of hydrogen-bond acceptors (Lipinski definition) is 6. The number of fused-ring (bicyclic) bond motifs is 1. The molecule has 0 saturated carbocycles. The average Bonchev–Trinajstić information content (AvgIpc) is 2.74. The summed E-state index contributed by atoms with van der Waals surface area (Å²) in [7, 11) is -7.25. The molecular weight excluding hydrogens is 344 g/mol. The van der Waals surface area contributed by atoms with Crippen LogP contribution in [0.5, 0.6) is 0 Å². The molecule has 1 aromatic heterocycles. The van der Waals surface area contributed by atoms with Crippen LogP contribution >= 0.6 is 23.7 Å². The summed E-state index contributed by atoms with van der Waals surface area (Å²) in [5.74, 6) is 0.0337. The van der Waals surface area contributed by atoms with Gasteiger partial charge in [-0.3, -0.25) is 0 Å². The minimum Gasteiger partial charge on any atom is -0.310 e. The lowest BCUT2D eigenvalue weighted by Crippen LogP contribution is -2.29. The van der Waals surface area contributed by atoms with Crippen LogP contribution in [-0.2, 0) is 19.9 Å². The van der Waals surface area contributed by atoms with E-state index < -0.39 is 19.9 Å². The van der Waals surface area contributed by atoms with Gasteiger partial charge in [-0.25, -0.2) is 22.0 Å². The molecule has 2 rings (SSSR count). The molecule has 6 nitrogen and oxygen atoms in total. The van der Waals surface area contributed by atoms with Crippen LogP contribution in [0.4, 0.5) is 0 Å². The van der Waals surface area contributed by atoms with E-state index in [0.717, 1.165) is 24.3 Å². The monoisotopic (exact) mass is 360 g/mol. The average molecular weight is 361 g/mol. The summed E-state index contributed by atoms with van der Waals surface area (Å²) < 4.78 is 46.7. The van der Waals surface area contributed by atoms with E-state index in [9.17, 15) is 16.8 Å². The topological polar surface area (TPSA) is 106 Å². The number of sulfone groups is 1. The Bertz CT molecular complexity index is 681. The van der Waals surface area contributed by atoms with Crippen LogP contribution in [0.2, 0.25) is 0 Å². The molecule has 20 heavy (non-hydrogen) atoms. The highest BCUT2D eigenvalue weighted by atomic mass is 35.5. The Morgan fingerprint density at radius 1 is 1.50 bits per heavy atom. The summed E-state index contributed by atoms with van der Waals surface area (Å²) in [6.45, 7) is 2.77. The van der Waals surface area contributed by atoms with Gasteiger partial charge in [-0.2, -0.15) is 0 Å². The third kappa shape index (κ3) is 3.52. The molecule has 0 fully saturated rings. The molecule has 0 saturated heterocycles. The number of primary sulfonamides is 1. The minimum atomic E-state index is -3.86. The van der Waals surface area contributed by atoms with Crippen molar-refractivity contribution in [1.29, 1.82) is 0 Å². The summed E-state index contributed by atoms with van der Waals surface area (Å²) in [6, 6.07) is 1.27. The van der Waals surface area contributed by atoms with E-state index in [4.69, 9.17) is 5.14 Å². The smallest absolute Gasteiger partial charge is 0.247 e. The maximum atomic E-state index is 12.0. The first-order chi connectivity index (χ1) is 8.75. The quantitative estimate of drug-likeness (QED) is 0.834. The van der Waals surface area contributed by atoms with E-state index in [0.29, 0.717) is 12.0 Å². The van der Waals surface area contributed by atoms with Gasteiger partial charge in [-0.15, -0.1) is 23.7 Å². The van der Waals surface area contributed by atoms with Crippen molar-refractivity contribution in [3.05, 3.63) is 11.6 Å². The maximum Gasteiger partial charge on any atom is 0.247 e. The Morgan fingerprint density at radius 2 is 2.15 bits per heavy atom. The molecule has 1 atom stereocenters. The van der Waals surface area contributed by atoms with E-state index in [1.807, 2.05) is 6.92 Å². The van der Waals surface area contributed by atoms with Crippen LogP contribution < -0.4 is 10.5 Å². The van der Waals surface area contributed by atoms with Gasteiger partial charge in [0.25, 0.3) is 0 Å². The van der Waals surface area contributed by atoms with E-state index >= 15 is 0 Å². The highest BCUT2D eigenvalue weighted by Crippen LogP contribution is 2.39. The lowest BCUT2D eigenvalue weighted by atomic mass is 10.1. The molecule has 116 valence electrons. The van der Waals surface area contributed by atoms with Crippen molar-refractivity contribution in [3.8, 4) is 0 Å². The first-order valence-electron chi connectivity index (χ1n) is 5.88. The molecule has 0 amide bonds. The number of rotatable bonds is 4. The zero-order chi connectivity index (χ0) is 14.3. The van der Waals surface area contributed by atoms with E-state index in [1.54, 1.807) is 0 Å². The molecule has 0 bridgehead atoms. The van der Waals surface area contributed by atoms with Crippen molar-refractivity contribution in [3.63, 3.8) is 0 Å². The lowest BCUT2D eigenvalue weighted by molar-refractivity contribution is 0.495. The number of nitrogens with two attached hydrogens (primary N) is 1. The van der Waals surface area contributed by atoms with Gasteiger partial charge in [0, 0.05) is 11.6 Å². The zero-order valence-corrected chi connectivity index (χ0v) is 14.1. The van der Waals surface area contributed by atoms with Crippen molar-refractivity contribution < 1.29 is 16.8 Å². The summed E-state index contributed by atoms with van der Waals surface area (Å²) in [5, 5.41) is 8.31. The summed E-state index contributed by atoms with van der Waals surface area (Å²) in [5.41, 5.74) is 0.536. The molecule has 0 spiro atoms. The number of hydrogen-bond donors (Lipinski definition) is 2. The highest BCUT2D eigenvalue weighted by Gasteiger charge is 2.34. The van der Waals surface area contributed by atoms with Gasteiger partial charge in [-0.05, 0) is 25.5 Å². The van der Waals surface area contributed by atoms with Crippen molar-refractivity contribution in [2.75, 3.05) is 12.3 Å². The maximum absolute atomic E-state index is 12.0. The fraction of sp³-hybridized carbons (Fsp3) is 0.600. The highest BCUT2D eigenvalue weighted by molar-refractivity contribution is 7.95. The van der Waals surface area contributed by atoms with Crippen molar-refractivity contribution in [1.82, 2.24) is 5.32 Å². The Kier molecular flexibility index (Phi) is 5.61. The second-order valence-electron chi connectivity index (χ2n) is 4.47. The standard InChI is InChI=1S/C10H16N2O4S3.ClH/c1-2-4-12-8-3-5-18(13,14)10-7(8)6-9(17-10)19(11,15)16;/h6,8,12H,2-5H2,1H3,(H2,11,15,16);1H. The second kappa shape index (κ2) is 6.29. The predicted molar refractivity (Wildman–Crippen MR) is 80.6 cm³/mol. The van der Waals surface area contributed by atoms with E-state index in [1.165, 1.54) is 6.07 Å². The fourth-order valence-electron chi connectivity index (χ4n) is 2.04. The van der Waals surface area contributed by atoms with Crippen LogP contribution in [0.25, 0.3) is 0 Å². The molecule has 0 aliphatic carbocycles. The van der Waals surface area contributed by atoms with Crippen LogP contribution in [0.15, 0.2) is 14.5 Å². The van der Waals surface area contributed by atoms with Gasteiger partial charge in [0.15, 0.2) is 9.84 Å². The molecule has 0 aromatic carbocycles. The number of halogens is 1. The van der Waals surface area contributed by atoms with Crippen molar-refractivity contribution >= 4 is 43.6 Å². The summed E-state index contributed by atoms with van der Waals surface area (Å²) in [6.07, 6.45) is 1.38.